The van der Waals surface area contributed by atoms with E-state index in [2.05, 4.69) is 9.71 Å². The summed E-state index contributed by atoms with van der Waals surface area (Å²) in [5.41, 5.74) is 0.490. The van der Waals surface area contributed by atoms with E-state index < -0.39 is 25.9 Å². The molecule has 0 saturated carbocycles. The van der Waals surface area contributed by atoms with Crippen LogP contribution in [0, 0.1) is 5.82 Å². The summed E-state index contributed by atoms with van der Waals surface area (Å²) >= 11 is 1.04. The fraction of sp³-hybridized carbons (Fsp3) is 0.278. The molecule has 0 atom stereocenters. The topological polar surface area (TPSA) is 96.4 Å². The summed E-state index contributed by atoms with van der Waals surface area (Å²) in [6, 6.07) is 9.02. The normalized spacial score (nSPS) is 16.2. The highest BCUT2D eigenvalue weighted by Crippen LogP contribution is 2.31. The largest absolute Gasteiger partial charge is 0.263 e. The second-order valence-electron chi connectivity index (χ2n) is 6.67. The predicted molar refractivity (Wildman–Crippen MR) is 109 cm³/mol. The molecule has 154 valence electrons. The lowest BCUT2D eigenvalue weighted by Crippen LogP contribution is -2.35. The van der Waals surface area contributed by atoms with Gasteiger partial charge in [0.05, 0.1) is 20.0 Å². The molecule has 0 aliphatic carbocycles. The molecule has 0 amide bonds. The molecule has 3 aromatic rings. The number of halogens is 1. The fourth-order valence-electron chi connectivity index (χ4n) is 3.15. The van der Waals surface area contributed by atoms with E-state index in [1.807, 2.05) is 0 Å². The van der Waals surface area contributed by atoms with Crippen LogP contribution in [0.15, 0.2) is 52.3 Å². The number of nitrogens with one attached hydrogen (secondary N) is 1. The molecular weight excluding hydrogens is 437 g/mol. The molecule has 1 fully saturated rings. The van der Waals surface area contributed by atoms with Crippen molar-refractivity contribution in [2.24, 2.45) is 0 Å². The van der Waals surface area contributed by atoms with Crippen LogP contribution in [0.1, 0.15) is 19.3 Å². The molecule has 7 nitrogen and oxygen atoms in total. The average Bonchev–Trinajstić information content (AvgIpc) is 3.09. The fourth-order valence-corrected chi connectivity index (χ4v) is 6.91. The highest BCUT2D eigenvalue weighted by Gasteiger charge is 2.26. The van der Waals surface area contributed by atoms with Crippen molar-refractivity contribution in [3.05, 3.63) is 48.3 Å². The van der Waals surface area contributed by atoms with E-state index in [9.17, 15) is 21.2 Å². The first-order chi connectivity index (χ1) is 13.8. The Morgan fingerprint density at radius 2 is 1.59 bits per heavy atom. The highest BCUT2D eigenvalue weighted by molar-refractivity contribution is 7.93. The van der Waals surface area contributed by atoms with Gasteiger partial charge in [-0.15, -0.1) is 0 Å². The van der Waals surface area contributed by atoms with E-state index in [0.29, 0.717) is 23.3 Å². The molecule has 0 unspecified atom stereocenters. The first-order valence-electron chi connectivity index (χ1n) is 8.95. The summed E-state index contributed by atoms with van der Waals surface area (Å²) in [7, 11) is -7.52. The van der Waals surface area contributed by atoms with E-state index in [4.69, 9.17) is 0 Å². The Hall–Kier alpha value is -2.08. The molecule has 4 rings (SSSR count). The molecule has 1 N–H and O–H groups in total. The van der Waals surface area contributed by atoms with Crippen LogP contribution < -0.4 is 4.72 Å². The lowest BCUT2D eigenvalue weighted by atomic mass is 10.2. The van der Waals surface area contributed by atoms with Crippen LogP contribution in [0.25, 0.3) is 10.2 Å². The molecule has 1 aliphatic rings. The first kappa shape index (κ1) is 20.2. The van der Waals surface area contributed by atoms with E-state index >= 15 is 0 Å². The van der Waals surface area contributed by atoms with Gasteiger partial charge >= 0.3 is 0 Å². The van der Waals surface area contributed by atoms with Crippen LogP contribution in [-0.4, -0.2) is 39.2 Å². The van der Waals surface area contributed by atoms with Crippen LogP contribution >= 0.6 is 11.3 Å². The van der Waals surface area contributed by atoms with Gasteiger partial charge in [-0.2, -0.15) is 4.31 Å². The molecule has 2 aromatic carbocycles. The minimum absolute atomic E-state index is 0.0912. The molecule has 0 radical (unpaired) electrons. The zero-order chi connectivity index (χ0) is 20.6. The van der Waals surface area contributed by atoms with Gasteiger partial charge in [0.1, 0.15) is 5.82 Å². The number of hydrogen-bond donors (Lipinski definition) is 1. The zero-order valence-corrected chi connectivity index (χ0v) is 17.7. The van der Waals surface area contributed by atoms with Crippen LogP contribution in [0.2, 0.25) is 0 Å². The molecule has 0 bridgehead atoms. The Kier molecular flexibility index (Phi) is 5.32. The van der Waals surface area contributed by atoms with Gasteiger partial charge < -0.3 is 0 Å². The lowest BCUT2D eigenvalue weighted by Gasteiger charge is -2.25. The lowest BCUT2D eigenvalue weighted by molar-refractivity contribution is 0.346. The number of hydrogen-bond acceptors (Lipinski definition) is 6. The quantitative estimate of drug-likeness (QED) is 0.636. The van der Waals surface area contributed by atoms with Gasteiger partial charge in [-0.05, 0) is 55.3 Å². The van der Waals surface area contributed by atoms with Gasteiger partial charge in [-0.1, -0.05) is 17.8 Å². The van der Waals surface area contributed by atoms with Crippen molar-refractivity contribution in [2.45, 2.75) is 29.1 Å². The second-order valence-corrected chi connectivity index (χ2v) is 11.3. The maximum Gasteiger partial charge on any atom is 0.263 e. The third-order valence-corrected chi connectivity index (χ3v) is 8.97. The van der Waals surface area contributed by atoms with Gasteiger partial charge in [0.15, 0.2) is 5.13 Å². The van der Waals surface area contributed by atoms with Gasteiger partial charge in [0, 0.05) is 13.1 Å². The summed E-state index contributed by atoms with van der Waals surface area (Å²) in [6.07, 6.45) is 2.71. The van der Waals surface area contributed by atoms with Crippen molar-refractivity contribution in [3.63, 3.8) is 0 Å². The molecule has 1 saturated heterocycles. The van der Waals surface area contributed by atoms with E-state index in [0.717, 1.165) is 54.9 Å². The van der Waals surface area contributed by atoms with Gasteiger partial charge in [-0.25, -0.2) is 26.2 Å². The third kappa shape index (κ3) is 4.13. The van der Waals surface area contributed by atoms with Gasteiger partial charge in [-0.3, -0.25) is 4.72 Å². The zero-order valence-electron chi connectivity index (χ0n) is 15.2. The van der Waals surface area contributed by atoms with Gasteiger partial charge in [0.25, 0.3) is 10.0 Å². The Labute approximate surface area is 172 Å². The summed E-state index contributed by atoms with van der Waals surface area (Å²) in [6.45, 7) is 1.01. The van der Waals surface area contributed by atoms with Crippen molar-refractivity contribution >= 4 is 46.7 Å². The minimum Gasteiger partial charge on any atom is -0.255 e. The number of thiazole rings is 1. The van der Waals surface area contributed by atoms with Crippen molar-refractivity contribution in [1.82, 2.24) is 9.29 Å². The van der Waals surface area contributed by atoms with E-state index in [-0.39, 0.29) is 14.9 Å². The number of aromatic nitrogens is 1. The average molecular weight is 456 g/mol. The van der Waals surface area contributed by atoms with Gasteiger partial charge in [0.2, 0.25) is 10.0 Å². The summed E-state index contributed by atoms with van der Waals surface area (Å²) in [5.74, 6) is -0.536. The number of benzene rings is 2. The molecular formula is C18H18FN3O4S3. The van der Waals surface area contributed by atoms with Crippen LogP contribution in [0.3, 0.4) is 0 Å². The Morgan fingerprint density at radius 3 is 2.28 bits per heavy atom. The first-order valence-corrected chi connectivity index (χ1v) is 12.7. The molecule has 11 heteroatoms. The standard InChI is InChI=1S/C18H18FN3O4S3/c19-13-4-6-14(7-5-13)28(23,24)21-18-20-16-9-8-15(12-17(16)27-18)29(25,26)22-10-2-1-3-11-22/h4-9,12H,1-3,10-11H2,(H,20,21). The maximum atomic E-state index is 13.0. The summed E-state index contributed by atoms with van der Waals surface area (Å²) < 4.78 is 68.0. The molecule has 2 heterocycles. The molecule has 0 spiro atoms. The van der Waals surface area contributed by atoms with Crippen LogP contribution in [0.5, 0.6) is 0 Å². The summed E-state index contributed by atoms with van der Waals surface area (Å²) in [5, 5.41) is 0.108. The molecule has 29 heavy (non-hydrogen) atoms. The van der Waals surface area contributed by atoms with Crippen molar-refractivity contribution in [3.8, 4) is 0 Å². The van der Waals surface area contributed by atoms with Crippen molar-refractivity contribution in [1.29, 1.82) is 0 Å². The van der Waals surface area contributed by atoms with E-state index in [1.165, 1.54) is 16.4 Å². The smallest absolute Gasteiger partial charge is 0.255 e. The minimum atomic E-state index is -3.93. The highest BCUT2D eigenvalue weighted by atomic mass is 32.2. The molecule has 1 aliphatic heterocycles. The monoisotopic (exact) mass is 455 g/mol. The Balaban J connectivity index is 1.62. The predicted octanol–water partition coefficient (Wildman–Crippen LogP) is 3.41. The van der Waals surface area contributed by atoms with Crippen molar-refractivity contribution < 1.29 is 21.2 Å². The summed E-state index contributed by atoms with van der Waals surface area (Å²) in [4.78, 5) is 4.30. The number of fused-ring (bicyclic) bond motifs is 1. The Morgan fingerprint density at radius 1 is 0.931 bits per heavy atom. The van der Waals surface area contributed by atoms with Crippen LogP contribution in [0.4, 0.5) is 9.52 Å². The number of piperidine rings is 1. The Bertz CT molecular complexity index is 1250. The second kappa shape index (κ2) is 7.63. The van der Waals surface area contributed by atoms with Crippen LogP contribution in [-0.2, 0) is 20.0 Å². The third-order valence-electron chi connectivity index (χ3n) is 4.66. The maximum absolute atomic E-state index is 13.0. The number of nitrogens with zero attached hydrogens (tertiary/aromatic N) is 2. The number of anilines is 1. The van der Waals surface area contributed by atoms with Crippen molar-refractivity contribution in [2.75, 3.05) is 17.8 Å². The molecule has 1 aromatic heterocycles. The SMILES string of the molecule is O=S(=O)(Nc1nc2ccc(S(=O)(=O)N3CCCCC3)cc2s1)c1ccc(F)cc1. The number of sulfonamides is 2. The van der Waals surface area contributed by atoms with E-state index in [1.54, 1.807) is 6.07 Å². The number of rotatable bonds is 5.